The fraction of sp³-hybridized carbons (Fsp3) is 0.263. The molecular formula is C19H20N4OS. The molecule has 2 heterocycles. The molecule has 1 aliphatic rings. The van der Waals surface area contributed by atoms with Crippen LogP contribution in [0.25, 0.3) is 0 Å². The second kappa shape index (κ2) is 7.53. The maximum Gasteiger partial charge on any atom is 0.271 e. The van der Waals surface area contributed by atoms with Gasteiger partial charge in [0.1, 0.15) is 6.61 Å². The van der Waals surface area contributed by atoms with Crippen molar-refractivity contribution in [3.8, 4) is 5.88 Å². The highest BCUT2D eigenvalue weighted by atomic mass is 32.1. The molecule has 1 fully saturated rings. The van der Waals surface area contributed by atoms with Gasteiger partial charge in [0.05, 0.1) is 11.7 Å². The van der Waals surface area contributed by atoms with Crippen LogP contribution in [0.5, 0.6) is 5.88 Å². The van der Waals surface area contributed by atoms with E-state index in [1.54, 1.807) is 0 Å². The van der Waals surface area contributed by atoms with E-state index in [0.717, 1.165) is 37.6 Å². The molecule has 1 aliphatic heterocycles. The summed E-state index contributed by atoms with van der Waals surface area (Å²) in [5, 5.41) is 0. The van der Waals surface area contributed by atoms with Gasteiger partial charge in [-0.15, -0.1) is 4.37 Å². The van der Waals surface area contributed by atoms with Crippen LogP contribution in [0.3, 0.4) is 0 Å². The number of benzene rings is 2. The van der Waals surface area contributed by atoms with E-state index < -0.39 is 0 Å². The van der Waals surface area contributed by atoms with Gasteiger partial charge < -0.3 is 14.5 Å². The van der Waals surface area contributed by atoms with Crippen molar-refractivity contribution in [3.05, 3.63) is 66.2 Å². The summed E-state index contributed by atoms with van der Waals surface area (Å²) >= 11 is 1.21. The van der Waals surface area contributed by atoms with Gasteiger partial charge in [-0.05, 0) is 17.7 Å². The molecule has 0 N–H and O–H groups in total. The highest BCUT2D eigenvalue weighted by Crippen LogP contribution is 2.28. The molecule has 6 heteroatoms. The van der Waals surface area contributed by atoms with Gasteiger partial charge in [-0.25, -0.2) is 0 Å². The summed E-state index contributed by atoms with van der Waals surface area (Å²) in [6.07, 6.45) is 0. The summed E-state index contributed by atoms with van der Waals surface area (Å²) in [6.45, 7) is 4.30. The molecule has 128 valence electrons. The standard InChI is InChI=1S/C19H20N4OS/c1-3-7-16(8-4-1)15-24-19-18(20-25-21-19)23-13-11-22(12-14-23)17-9-5-2-6-10-17/h1-10H,11-15H2. The maximum absolute atomic E-state index is 5.91. The molecule has 3 aromatic rings. The van der Waals surface area contributed by atoms with Crippen molar-refractivity contribution < 1.29 is 4.74 Å². The molecule has 0 saturated carbocycles. The lowest BCUT2D eigenvalue weighted by atomic mass is 10.2. The first-order chi connectivity index (χ1) is 12.4. The van der Waals surface area contributed by atoms with E-state index in [9.17, 15) is 0 Å². The van der Waals surface area contributed by atoms with Crippen molar-refractivity contribution in [2.24, 2.45) is 0 Å². The number of hydrogen-bond donors (Lipinski definition) is 0. The zero-order valence-corrected chi connectivity index (χ0v) is 14.7. The van der Waals surface area contributed by atoms with Gasteiger partial charge >= 0.3 is 0 Å². The largest absolute Gasteiger partial charge is 0.470 e. The van der Waals surface area contributed by atoms with Crippen LogP contribution < -0.4 is 14.5 Å². The van der Waals surface area contributed by atoms with Crippen molar-refractivity contribution in [3.63, 3.8) is 0 Å². The Labute approximate surface area is 151 Å². The lowest BCUT2D eigenvalue weighted by molar-refractivity contribution is 0.296. The molecule has 1 saturated heterocycles. The fourth-order valence-electron chi connectivity index (χ4n) is 3.00. The summed E-state index contributed by atoms with van der Waals surface area (Å²) in [4.78, 5) is 4.67. The van der Waals surface area contributed by atoms with Crippen LogP contribution >= 0.6 is 11.7 Å². The number of para-hydroxylation sites is 1. The number of rotatable bonds is 5. The first kappa shape index (κ1) is 15.9. The third-order valence-corrected chi connectivity index (χ3v) is 4.86. The molecule has 0 aliphatic carbocycles. The minimum absolute atomic E-state index is 0.517. The third kappa shape index (κ3) is 3.74. The molecule has 0 spiro atoms. The molecule has 0 unspecified atom stereocenters. The monoisotopic (exact) mass is 352 g/mol. The highest BCUT2D eigenvalue weighted by Gasteiger charge is 2.23. The van der Waals surface area contributed by atoms with Crippen LogP contribution in [0.2, 0.25) is 0 Å². The summed E-state index contributed by atoms with van der Waals surface area (Å²) in [6, 6.07) is 20.7. The van der Waals surface area contributed by atoms with E-state index in [0.29, 0.717) is 12.5 Å². The van der Waals surface area contributed by atoms with Crippen LogP contribution in [0.4, 0.5) is 11.5 Å². The smallest absolute Gasteiger partial charge is 0.271 e. The van der Waals surface area contributed by atoms with E-state index in [2.05, 4.69) is 61.0 Å². The molecule has 0 atom stereocenters. The summed E-state index contributed by atoms with van der Waals surface area (Å²) in [5.74, 6) is 1.51. The number of piperazine rings is 1. The Morgan fingerprint density at radius 1 is 0.800 bits per heavy atom. The van der Waals surface area contributed by atoms with E-state index in [4.69, 9.17) is 4.74 Å². The number of hydrogen-bond acceptors (Lipinski definition) is 6. The number of nitrogens with zero attached hydrogens (tertiary/aromatic N) is 4. The average Bonchev–Trinajstić information content (AvgIpc) is 3.17. The van der Waals surface area contributed by atoms with Crippen LogP contribution in [-0.4, -0.2) is 34.9 Å². The van der Waals surface area contributed by atoms with Crippen molar-refractivity contribution in [2.75, 3.05) is 36.0 Å². The van der Waals surface area contributed by atoms with Crippen LogP contribution in [0, 0.1) is 0 Å². The van der Waals surface area contributed by atoms with Gasteiger partial charge in [0.2, 0.25) is 5.82 Å². The van der Waals surface area contributed by atoms with E-state index in [1.165, 1.54) is 17.4 Å². The fourth-order valence-corrected chi connectivity index (χ4v) is 3.52. The van der Waals surface area contributed by atoms with Gasteiger partial charge in [-0.1, -0.05) is 48.5 Å². The average molecular weight is 352 g/mol. The normalized spacial score (nSPS) is 14.6. The Kier molecular flexibility index (Phi) is 4.79. The van der Waals surface area contributed by atoms with Crippen molar-refractivity contribution in [1.29, 1.82) is 0 Å². The number of ether oxygens (including phenoxy) is 1. The molecule has 0 radical (unpaired) electrons. The second-order valence-electron chi connectivity index (χ2n) is 5.98. The van der Waals surface area contributed by atoms with Crippen molar-refractivity contribution in [2.45, 2.75) is 6.61 Å². The maximum atomic E-state index is 5.91. The molecular weight excluding hydrogens is 332 g/mol. The summed E-state index contributed by atoms with van der Waals surface area (Å²) in [7, 11) is 0. The van der Waals surface area contributed by atoms with Gasteiger partial charge in [0.25, 0.3) is 5.88 Å². The molecule has 5 nitrogen and oxygen atoms in total. The lowest BCUT2D eigenvalue weighted by Crippen LogP contribution is -2.46. The first-order valence-electron chi connectivity index (χ1n) is 8.44. The minimum Gasteiger partial charge on any atom is -0.470 e. The SMILES string of the molecule is c1ccc(COc2nsnc2N2CCN(c3ccccc3)CC2)cc1. The number of anilines is 2. The van der Waals surface area contributed by atoms with E-state index in [-0.39, 0.29) is 0 Å². The Hall–Kier alpha value is -2.60. The third-order valence-electron chi connectivity index (χ3n) is 4.36. The highest BCUT2D eigenvalue weighted by molar-refractivity contribution is 6.99. The zero-order chi connectivity index (χ0) is 16.9. The van der Waals surface area contributed by atoms with E-state index in [1.807, 2.05) is 18.2 Å². The first-order valence-corrected chi connectivity index (χ1v) is 9.17. The topological polar surface area (TPSA) is 41.5 Å². The zero-order valence-electron chi connectivity index (χ0n) is 13.9. The Balaban J connectivity index is 1.38. The van der Waals surface area contributed by atoms with Crippen LogP contribution in [0.1, 0.15) is 5.56 Å². The molecule has 2 aromatic carbocycles. The van der Waals surface area contributed by atoms with Crippen LogP contribution in [-0.2, 0) is 6.61 Å². The lowest BCUT2D eigenvalue weighted by Gasteiger charge is -2.36. The minimum atomic E-state index is 0.517. The Morgan fingerprint density at radius 2 is 1.44 bits per heavy atom. The molecule has 0 amide bonds. The van der Waals surface area contributed by atoms with Gasteiger partial charge in [0, 0.05) is 31.9 Å². The molecule has 1 aromatic heterocycles. The second-order valence-corrected chi connectivity index (χ2v) is 6.51. The molecule has 0 bridgehead atoms. The van der Waals surface area contributed by atoms with E-state index >= 15 is 0 Å². The summed E-state index contributed by atoms with van der Waals surface area (Å²) < 4.78 is 14.7. The van der Waals surface area contributed by atoms with Gasteiger partial charge in [-0.3, -0.25) is 0 Å². The Bertz CT molecular complexity index is 785. The van der Waals surface area contributed by atoms with Crippen molar-refractivity contribution in [1.82, 2.24) is 8.75 Å². The quantitative estimate of drug-likeness (QED) is 0.703. The number of aromatic nitrogens is 2. The predicted octanol–water partition coefficient (Wildman–Crippen LogP) is 3.44. The molecule has 4 rings (SSSR count). The van der Waals surface area contributed by atoms with Crippen molar-refractivity contribution >= 4 is 23.2 Å². The Morgan fingerprint density at radius 3 is 2.16 bits per heavy atom. The predicted molar refractivity (Wildman–Crippen MR) is 102 cm³/mol. The summed E-state index contributed by atoms with van der Waals surface area (Å²) in [5.41, 5.74) is 2.41. The van der Waals surface area contributed by atoms with Crippen LogP contribution in [0.15, 0.2) is 60.7 Å². The van der Waals surface area contributed by atoms with Gasteiger partial charge in [0.15, 0.2) is 0 Å². The molecule has 25 heavy (non-hydrogen) atoms. The van der Waals surface area contributed by atoms with Gasteiger partial charge in [-0.2, -0.15) is 4.37 Å².